The molecule has 2 aliphatic carbocycles. The van der Waals surface area contributed by atoms with Gasteiger partial charge in [-0.3, -0.25) is 14.3 Å². The number of hydrogen-bond acceptors (Lipinski definition) is 7. The summed E-state index contributed by atoms with van der Waals surface area (Å²) in [6, 6.07) is 5.42. The first-order valence-corrected chi connectivity index (χ1v) is 14.4. The molecular formula is C25H29N7O4S. The molecule has 3 aromatic rings. The Morgan fingerprint density at radius 1 is 1.22 bits per heavy atom. The molecule has 4 N–H and O–H groups in total. The van der Waals surface area contributed by atoms with Crippen molar-refractivity contribution in [2.45, 2.75) is 57.7 Å². The van der Waals surface area contributed by atoms with Crippen molar-refractivity contribution in [3.05, 3.63) is 41.1 Å². The van der Waals surface area contributed by atoms with Crippen molar-refractivity contribution < 1.29 is 18.0 Å². The van der Waals surface area contributed by atoms with E-state index in [1.807, 2.05) is 17.9 Å². The maximum absolute atomic E-state index is 13.3. The first-order chi connectivity index (χ1) is 17.6. The lowest BCUT2D eigenvalue weighted by Gasteiger charge is -2.26. The molecule has 12 heteroatoms. The molecule has 2 fully saturated rings. The zero-order chi connectivity index (χ0) is 26.1. The molecule has 0 radical (unpaired) electrons. The molecule has 2 saturated carbocycles. The quantitative estimate of drug-likeness (QED) is 0.430. The summed E-state index contributed by atoms with van der Waals surface area (Å²) < 4.78 is 28.3. The minimum absolute atomic E-state index is 0.0791. The molecule has 2 amide bonds. The van der Waals surface area contributed by atoms with Crippen LogP contribution in [0.1, 0.15) is 65.3 Å². The van der Waals surface area contributed by atoms with Gasteiger partial charge in [0.05, 0.1) is 23.2 Å². The minimum atomic E-state index is -3.65. The van der Waals surface area contributed by atoms with Crippen LogP contribution in [0.2, 0.25) is 0 Å². The molecule has 3 aliphatic rings. The third-order valence-corrected chi connectivity index (χ3v) is 8.19. The van der Waals surface area contributed by atoms with Gasteiger partial charge in [0.25, 0.3) is 11.8 Å². The van der Waals surface area contributed by atoms with Crippen molar-refractivity contribution in [1.29, 1.82) is 0 Å². The number of carbonyl (C=O) groups is 2. The lowest BCUT2D eigenvalue weighted by Crippen LogP contribution is -2.39. The van der Waals surface area contributed by atoms with Crippen LogP contribution in [0.4, 0.5) is 11.5 Å². The monoisotopic (exact) mass is 523 g/mol. The molecule has 3 heterocycles. The molecule has 6 rings (SSSR count). The number of benzene rings is 1. The average molecular weight is 524 g/mol. The van der Waals surface area contributed by atoms with Gasteiger partial charge in [0.1, 0.15) is 5.56 Å². The van der Waals surface area contributed by atoms with E-state index in [0.29, 0.717) is 34.9 Å². The number of fused-ring (bicyclic) bond motifs is 2. The van der Waals surface area contributed by atoms with Gasteiger partial charge in [-0.25, -0.2) is 17.9 Å². The number of hydrogen-bond donors (Lipinski definition) is 3. The van der Waals surface area contributed by atoms with E-state index in [1.165, 1.54) is 4.52 Å². The summed E-state index contributed by atoms with van der Waals surface area (Å²) in [6.07, 6.45) is 7.86. The first kappa shape index (κ1) is 23.7. The van der Waals surface area contributed by atoms with E-state index < -0.39 is 10.0 Å². The van der Waals surface area contributed by atoms with Crippen LogP contribution in [-0.4, -0.2) is 58.1 Å². The van der Waals surface area contributed by atoms with E-state index in [0.717, 1.165) is 43.9 Å². The van der Waals surface area contributed by atoms with Gasteiger partial charge in [0.15, 0.2) is 11.5 Å². The van der Waals surface area contributed by atoms with Crippen molar-refractivity contribution in [2.75, 3.05) is 16.7 Å². The van der Waals surface area contributed by atoms with Gasteiger partial charge in [-0.1, -0.05) is 0 Å². The Kier molecular flexibility index (Phi) is 5.41. The molecule has 1 aliphatic heterocycles. The number of rotatable bonds is 7. The zero-order valence-electron chi connectivity index (χ0n) is 20.7. The minimum Gasteiger partial charge on any atom is -0.381 e. The van der Waals surface area contributed by atoms with Crippen LogP contribution >= 0.6 is 0 Å². The highest BCUT2D eigenvalue weighted by molar-refractivity contribution is 7.92. The third-order valence-electron chi connectivity index (χ3n) is 7.60. The van der Waals surface area contributed by atoms with Crippen molar-refractivity contribution in [1.82, 2.24) is 24.8 Å². The topological polar surface area (TPSA) is 152 Å². The number of sulfonamides is 1. The van der Waals surface area contributed by atoms with Gasteiger partial charge < -0.3 is 16.0 Å². The predicted molar refractivity (Wildman–Crippen MR) is 138 cm³/mol. The molecule has 0 spiro atoms. The largest absolute Gasteiger partial charge is 0.381 e. The first-order valence-electron chi connectivity index (χ1n) is 12.5. The van der Waals surface area contributed by atoms with Gasteiger partial charge in [0.2, 0.25) is 10.0 Å². The highest BCUT2D eigenvalue weighted by atomic mass is 32.2. The number of nitrogen functional groups attached to an aromatic ring is 1. The molecule has 0 unspecified atom stereocenters. The van der Waals surface area contributed by atoms with Crippen LogP contribution in [0.25, 0.3) is 16.9 Å². The van der Waals surface area contributed by atoms with E-state index in [4.69, 9.17) is 10.7 Å². The summed E-state index contributed by atoms with van der Waals surface area (Å²) in [7, 11) is -3.65. The van der Waals surface area contributed by atoms with Crippen LogP contribution in [0.3, 0.4) is 0 Å². The Balaban J connectivity index is 1.42. The van der Waals surface area contributed by atoms with Crippen LogP contribution in [-0.2, 0) is 16.6 Å². The van der Waals surface area contributed by atoms with Crippen molar-refractivity contribution in [3.8, 4) is 11.3 Å². The second kappa shape index (κ2) is 8.44. The summed E-state index contributed by atoms with van der Waals surface area (Å²) in [6.45, 7) is 2.44. The number of carbonyl (C=O) groups excluding carboxylic acids is 2. The summed E-state index contributed by atoms with van der Waals surface area (Å²) in [5.41, 5.74) is 9.06. The van der Waals surface area contributed by atoms with Gasteiger partial charge >= 0.3 is 0 Å². The smallest absolute Gasteiger partial charge is 0.259 e. The van der Waals surface area contributed by atoms with Gasteiger partial charge in [-0.2, -0.15) is 0 Å². The second-order valence-corrected chi connectivity index (χ2v) is 12.1. The van der Waals surface area contributed by atoms with Gasteiger partial charge in [0, 0.05) is 30.4 Å². The Morgan fingerprint density at radius 2 is 1.97 bits per heavy atom. The molecular weight excluding hydrogens is 494 g/mol. The lowest BCUT2D eigenvalue weighted by atomic mass is 9.93. The Bertz CT molecular complexity index is 1560. The molecule has 0 saturated heterocycles. The molecule has 37 heavy (non-hydrogen) atoms. The van der Waals surface area contributed by atoms with Crippen LogP contribution in [0, 0.1) is 5.92 Å². The lowest BCUT2D eigenvalue weighted by molar-refractivity contribution is 0.0698. The standard InChI is InChI=1S/C25H29N7O4S/c1-13(14-6-7-14)31-12-16-10-15(11-19(20(16)25(31)34)30-37(2,35)36)18-8-9-32-23(28-18)21(22(26)29-32)24(33)27-17-4-3-5-17/h8-11,13-14,17,30H,3-7,12H2,1-2H3,(H2,26,29)(H,27,33)/t13-/m0/s1. The van der Waals surface area contributed by atoms with Crippen LogP contribution in [0.5, 0.6) is 0 Å². The maximum atomic E-state index is 13.3. The second-order valence-electron chi connectivity index (χ2n) is 10.4. The molecule has 1 atom stereocenters. The zero-order valence-corrected chi connectivity index (χ0v) is 21.5. The molecule has 11 nitrogen and oxygen atoms in total. The highest BCUT2D eigenvalue weighted by Crippen LogP contribution is 2.41. The maximum Gasteiger partial charge on any atom is 0.259 e. The van der Waals surface area contributed by atoms with E-state index in [-0.39, 0.29) is 41.0 Å². The molecule has 194 valence electrons. The summed E-state index contributed by atoms with van der Waals surface area (Å²) in [4.78, 5) is 32.8. The number of nitrogens with zero attached hydrogens (tertiary/aromatic N) is 4. The highest BCUT2D eigenvalue weighted by Gasteiger charge is 2.40. The Labute approximate surface area is 214 Å². The number of anilines is 2. The fourth-order valence-electron chi connectivity index (χ4n) is 5.20. The predicted octanol–water partition coefficient (Wildman–Crippen LogP) is 2.39. The SMILES string of the molecule is C[C@@H](C1CC1)N1Cc2cc(-c3ccn4nc(N)c(C(=O)NC5CCC5)c4n3)cc(NS(C)(=O)=O)c2C1=O. The third kappa shape index (κ3) is 4.28. The molecule has 2 aromatic heterocycles. The normalized spacial score (nSPS) is 18.5. The average Bonchev–Trinajstić information content (AvgIpc) is 3.52. The van der Waals surface area contributed by atoms with E-state index >= 15 is 0 Å². The summed E-state index contributed by atoms with van der Waals surface area (Å²) in [5, 5.41) is 7.22. The number of aromatic nitrogens is 3. The Morgan fingerprint density at radius 3 is 2.62 bits per heavy atom. The number of nitrogens with one attached hydrogen (secondary N) is 2. The fraction of sp³-hybridized carbons (Fsp3) is 0.440. The van der Waals surface area contributed by atoms with E-state index in [1.54, 1.807) is 18.3 Å². The van der Waals surface area contributed by atoms with Crippen molar-refractivity contribution >= 4 is 39.0 Å². The Hall–Kier alpha value is -3.67. The summed E-state index contributed by atoms with van der Waals surface area (Å²) in [5.74, 6) is 0.0784. The number of nitrogens with two attached hydrogens (primary N) is 1. The number of amides is 2. The molecule has 0 bridgehead atoms. The van der Waals surface area contributed by atoms with E-state index in [9.17, 15) is 18.0 Å². The van der Waals surface area contributed by atoms with Crippen molar-refractivity contribution in [2.24, 2.45) is 5.92 Å². The molecule has 1 aromatic carbocycles. The van der Waals surface area contributed by atoms with Gasteiger partial charge in [-0.05, 0) is 68.7 Å². The van der Waals surface area contributed by atoms with Crippen LogP contribution in [0.15, 0.2) is 24.4 Å². The summed E-state index contributed by atoms with van der Waals surface area (Å²) >= 11 is 0. The fourth-order valence-corrected chi connectivity index (χ4v) is 5.76. The van der Waals surface area contributed by atoms with Crippen LogP contribution < -0.4 is 15.8 Å². The van der Waals surface area contributed by atoms with Crippen molar-refractivity contribution in [3.63, 3.8) is 0 Å². The van der Waals surface area contributed by atoms with E-state index in [2.05, 4.69) is 15.1 Å². The van der Waals surface area contributed by atoms with Gasteiger partial charge in [-0.15, -0.1) is 5.10 Å².